The molecular formula is C21H30N4O3. The Balaban J connectivity index is 0.000000283. The molecular weight excluding hydrogens is 356 g/mol. The predicted octanol–water partition coefficient (Wildman–Crippen LogP) is 3.01. The smallest absolute Gasteiger partial charge is 0.267 e. The van der Waals surface area contributed by atoms with Crippen molar-refractivity contribution in [2.75, 3.05) is 24.6 Å². The third kappa shape index (κ3) is 9.05. The fraction of sp³-hybridized carbons (Fsp3) is 0.333. The molecule has 0 heterocycles. The van der Waals surface area contributed by atoms with Gasteiger partial charge in [0.1, 0.15) is 0 Å². The van der Waals surface area contributed by atoms with E-state index in [1.807, 2.05) is 18.2 Å². The number of nitrogens with one attached hydrogen (secondary N) is 3. The Kier molecular flexibility index (Phi) is 10.8. The van der Waals surface area contributed by atoms with Crippen molar-refractivity contribution in [3.05, 3.63) is 53.6 Å². The quantitative estimate of drug-likeness (QED) is 0.214. The first-order valence-electron chi connectivity index (χ1n) is 9.30. The highest BCUT2D eigenvalue weighted by molar-refractivity contribution is 5.91. The normalized spacial score (nSPS) is 12.6. The van der Waals surface area contributed by atoms with Gasteiger partial charge in [-0.05, 0) is 43.0 Å². The molecule has 1 aromatic rings. The number of anilines is 2. The number of carbonyl (C=O) groups is 2. The number of hydrogen-bond donors (Lipinski definition) is 5. The van der Waals surface area contributed by atoms with Crippen LogP contribution < -0.4 is 21.8 Å². The molecule has 1 aliphatic carbocycles. The molecule has 7 nitrogen and oxygen atoms in total. The van der Waals surface area contributed by atoms with Gasteiger partial charge in [0, 0.05) is 26.1 Å². The largest absolute Gasteiger partial charge is 0.397 e. The standard InChI is InChI=1S/C11H17NO.C10H13N3O2/c1-2-8-12-11(13)9-10-6-4-3-5-7-10;1-12-9-4-2-7(6-8(9)11)3-5-10(14)13-15/h3-4,6H,2,5,7-9H2,1H3,(H,12,13);2-6,12,15H,11H2,1H3,(H,13,14)/b;5-3+. The molecule has 2 amide bonds. The Morgan fingerprint density at radius 1 is 1.32 bits per heavy atom. The topological polar surface area (TPSA) is 116 Å². The predicted molar refractivity (Wildman–Crippen MR) is 114 cm³/mol. The van der Waals surface area contributed by atoms with E-state index in [4.69, 9.17) is 10.9 Å². The third-order valence-electron chi connectivity index (χ3n) is 3.94. The highest BCUT2D eigenvalue weighted by Gasteiger charge is 2.05. The molecule has 28 heavy (non-hydrogen) atoms. The number of rotatable bonds is 7. The number of nitrogen functional groups attached to an aromatic ring is 1. The number of hydroxylamine groups is 1. The summed E-state index contributed by atoms with van der Waals surface area (Å²) in [4.78, 5) is 22.0. The van der Waals surface area contributed by atoms with Crippen molar-refractivity contribution in [2.45, 2.75) is 32.6 Å². The maximum Gasteiger partial charge on any atom is 0.267 e. The summed E-state index contributed by atoms with van der Waals surface area (Å²) in [5, 5.41) is 14.1. The van der Waals surface area contributed by atoms with Gasteiger partial charge in [-0.3, -0.25) is 14.8 Å². The maximum absolute atomic E-state index is 11.3. The zero-order valence-electron chi connectivity index (χ0n) is 16.5. The van der Waals surface area contributed by atoms with Gasteiger partial charge in [0.25, 0.3) is 5.91 Å². The van der Waals surface area contributed by atoms with Gasteiger partial charge < -0.3 is 16.4 Å². The average molecular weight is 386 g/mol. The molecule has 152 valence electrons. The molecule has 0 radical (unpaired) electrons. The summed E-state index contributed by atoms with van der Waals surface area (Å²) in [6.45, 7) is 2.85. The summed E-state index contributed by atoms with van der Waals surface area (Å²) in [6, 6.07) is 5.35. The molecule has 0 fully saturated rings. The first-order chi connectivity index (χ1) is 13.5. The Hall–Kier alpha value is -3.06. The molecule has 0 aliphatic heterocycles. The molecule has 0 saturated carbocycles. The van der Waals surface area contributed by atoms with Crippen molar-refractivity contribution in [3.63, 3.8) is 0 Å². The van der Waals surface area contributed by atoms with Gasteiger partial charge in [0.15, 0.2) is 0 Å². The van der Waals surface area contributed by atoms with Gasteiger partial charge in [-0.1, -0.05) is 36.8 Å². The molecule has 0 atom stereocenters. The highest BCUT2D eigenvalue weighted by atomic mass is 16.5. The van der Waals surface area contributed by atoms with E-state index in [1.54, 1.807) is 19.2 Å². The molecule has 1 aliphatic rings. The van der Waals surface area contributed by atoms with E-state index in [2.05, 4.69) is 29.7 Å². The molecule has 0 saturated heterocycles. The van der Waals surface area contributed by atoms with Crippen LogP contribution in [0.5, 0.6) is 0 Å². The van der Waals surface area contributed by atoms with E-state index in [1.165, 1.54) is 17.1 Å². The first kappa shape index (κ1) is 23.0. The zero-order valence-corrected chi connectivity index (χ0v) is 16.5. The van der Waals surface area contributed by atoms with E-state index < -0.39 is 5.91 Å². The Bertz CT molecular complexity index is 739. The number of benzene rings is 1. The van der Waals surface area contributed by atoms with Gasteiger partial charge in [-0.15, -0.1) is 0 Å². The van der Waals surface area contributed by atoms with Crippen LogP contribution in [0.15, 0.2) is 48.1 Å². The monoisotopic (exact) mass is 386 g/mol. The fourth-order valence-corrected chi connectivity index (χ4v) is 2.45. The summed E-state index contributed by atoms with van der Waals surface area (Å²) in [7, 11) is 1.78. The number of amides is 2. The first-order valence-corrected chi connectivity index (χ1v) is 9.30. The molecule has 0 bridgehead atoms. The van der Waals surface area contributed by atoms with Crippen LogP contribution in [0.3, 0.4) is 0 Å². The van der Waals surface area contributed by atoms with Crippen molar-refractivity contribution in [2.24, 2.45) is 0 Å². The summed E-state index contributed by atoms with van der Waals surface area (Å²) in [5.41, 5.74) is 10.7. The fourth-order valence-electron chi connectivity index (χ4n) is 2.45. The second kappa shape index (κ2) is 13.2. The van der Waals surface area contributed by atoms with Crippen molar-refractivity contribution in [1.29, 1.82) is 0 Å². The van der Waals surface area contributed by atoms with Crippen molar-refractivity contribution in [1.82, 2.24) is 10.8 Å². The van der Waals surface area contributed by atoms with E-state index >= 15 is 0 Å². The van der Waals surface area contributed by atoms with Crippen LogP contribution in [0.2, 0.25) is 0 Å². The summed E-state index contributed by atoms with van der Waals surface area (Å²) < 4.78 is 0. The van der Waals surface area contributed by atoms with E-state index in [-0.39, 0.29) is 5.91 Å². The van der Waals surface area contributed by atoms with Crippen LogP contribution >= 0.6 is 0 Å². The minimum absolute atomic E-state index is 0.156. The number of hydrogen-bond acceptors (Lipinski definition) is 5. The van der Waals surface area contributed by atoms with Crippen LogP contribution in [-0.4, -0.2) is 30.6 Å². The van der Waals surface area contributed by atoms with Crippen molar-refractivity contribution < 1.29 is 14.8 Å². The lowest BCUT2D eigenvalue weighted by Gasteiger charge is -2.08. The zero-order chi connectivity index (χ0) is 20.8. The van der Waals surface area contributed by atoms with Crippen LogP contribution in [0.25, 0.3) is 6.08 Å². The van der Waals surface area contributed by atoms with E-state index in [0.29, 0.717) is 12.1 Å². The molecule has 7 heteroatoms. The van der Waals surface area contributed by atoms with E-state index in [0.717, 1.165) is 37.1 Å². The van der Waals surface area contributed by atoms with Crippen molar-refractivity contribution >= 4 is 29.3 Å². The van der Waals surface area contributed by atoms with Crippen LogP contribution in [0.4, 0.5) is 11.4 Å². The minimum atomic E-state index is -0.578. The second-order valence-electron chi connectivity index (χ2n) is 6.22. The Labute approximate surface area is 166 Å². The second-order valence-corrected chi connectivity index (χ2v) is 6.22. The molecule has 2 rings (SSSR count). The molecule has 1 aromatic carbocycles. The van der Waals surface area contributed by atoms with Gasteiger partial charge >= 0.3 is 0 Å². The number of allylic oxidation sites excluding steroid dienone is 3. The lowest BCUT2D eigenvalue weighted by atomic mass is 10.0. The van der Waals surface area contributed by atoms with Crippen LogP contribution in [-0.2, 0) is 9.59 Å². The van der Waals surface area contributed by atoms with Gasteiger partial charge in [-0.2, -0.15) is 0 Å². The third-order valence-corrected chi connectivity index (χ3v) is 3.94. The molecule has 6 N–H and O–H groups in total. The van der Waals surface area contributed by atoms with Crippen molar-refractivity contribution in [3.8, 4) is 0 Å². The summed E-state index contributed by atoms with van der Waals surface area (Å²) in [6.07, 6.45) is 12.7. The van der Waals surface area contributed by atoms with Crippen LogP contribution in [0, 0.1) is 0 Å². The van der Waals surface area contributed by atoms with Gasteiger partial charge in [-0.25, -0.2) is 5.48 Å². The molecule has 0 spiro atoms. The molecule has 0 unspecified atom stereocenters. The van der Waals surface area contributed by atoms with Crippen LogP contribution in [0.1, 0.15) is 38.2 Å². The van der Waals surface area contributed by atoms with Gasteiger partial charge in [0.2, 0.25) is 5.91 Å². The SMILES string of the molecule is CCCNC(=O)CC1=CC=CCC1.CNc1ccc(/C=C/C(=O)NO)cc1N. The number of carbonyl (C=O) groups excluding carboxylic acids is 2. The minimum Gasteiger partial charge on any atom is -0.397 e. The average Bonchev–Trinajstić information content (AvgIpc) is 2.71. The lowest BCUT2D eigenvalue weighted by molar-refractivity contribution is -0.124. The number of nitrogens with two attached hydrogens (primary N) is 1. The lowest BCUT2D eigenvalue weighted by Crippen LogP contribution is -2.24. The highest BCUT2D eigenvalue weighted by Crippen LogP contribution is 2.19. The summed E-state index contributed by atoms with van der Waals surface area (Å²) >= 11 is 0. The van der Waals surface area contributed by atoms with Gasteiger partial charge in [0.05, 0.1) is 11.4 Å². The maximum atomic E-state index is 11.3. The van der Waals surface area contributed by atoms with E-state index in [9.17, 15) is 9.59 Å². The Morgan fingerprint density at radius 3 is 2.68 bits per heavy atom. The molecule has 0 aromatic heterocycles. The summed E-state index contributed by atoms with van der Waals surface area (Å²) in [5.74, 6) is -0.422. The Morgan fingerprint density at radius 2 is 2.11 bits per heavy atom.